The zero-order valence-corrected chi connectivity index (χ0v) is 8.80. The average Bonchev–Trinajstić information content (AvgIpc) is 2.25. The van der Waals surface area contributed by atoms with Crippen LogP contribution in [-0.4, -0.2) is 0 Å². The Balaban J connectivity index is 3.06. The predicted octanol–water partition coefficient (Wildman–Crippen LogP) is 4.55. The standard InChI is InChI=1S/C13H13F3/c1-3-6-10(4-2)11-7-5-8-12(9-11)13(14,15)16/h3-5,7-10H,1-2,6H2/t10-/m0/s1. The van der Waals surface area contributed by atoms with Crippen molar-refractivity contribution in [3.8, 4) is 0 Å². The van der Waals surface area contributed by atoms with Gasteiger partial charge in [0.25, 0.3) is 0 Å². The Labute approximate surface area is 93.1 Å². The van der Waals surface area contributed by atoms with E-state index in [1.165, 1.54) is 6.07 Å². The van der Waals surface area contributed by atoms with E-state index in [9.17, 15) is 13.2 Å². The molecule has 0 spiro atoms. The van der Waals surface area contributed by atoms with Crippen molar-refractivity contribution < 1.29 is 13.2 Å². The van der Waals surface area contributed by atoms with E-state index in [1.54, 1.807) is 18.2 Å². The third-order valence-electron chi connectivity index (χ3n) is 2.35. The molecule has 0 aliphatic heterocycles. The predicted molar refractivity (Wildman–Crippen MR) is 59.2 cm³/mol. The van der Waals surface area contributed by atoms with Crippen LogP contribution in [0.25, 0.3) is 0 Å². The summed E-state index contributed by atoms with van der Waals surface area (Å²) >= 11 is 0. The van der Waals surface area contributed by atoms with Crippen LogP contribution < -0.4 is 0 Å². The first-order chi connectivity index (χ1) is 7.49. The first-order valence-corrected chi connectivity index (χ1v) is 4.89. The van der Waals surface area contributed by atoms with Gasteiger partial charge in [0.1, 0.15) is 0 Å². The first-order valence-electron chi connectivity index (χ1n) is 4.89. The summed E-state index contributed by atoms with van der Waals surface area (Å²) in [7, 11) is 0. The van der Waals surface area contributed by atoms with Crippen LogP contribution in [-0.2, 0) is 6.18 Å². The van der Waals surface area contributed by atoms with Crippen LogP contribution in [0.5, 0.6) is 0 Å². The van der Waals surface area contributed by atoms with E-state index in [0.717, 1.165) is 12.1 Å². The number of hydrogen-bond acceptors (Lipinski definition) is 0. The maximum atomic E-state index is 12.5. The molecule has 0 fully saturated rings. The second-order valence-corrected chi connectivity index (χ2v) is 3.49. The van der Waals surface area contributed by atoms with Crippen molar-refractivity contribution in [1.82, 2.24) is 0 Å². The van der Waals surface area contributed by atoms with Gasteiger partial charge in [0.2, 0.25) is 0 Å². The van der Waals surface area contributed by atoms with E-state index in [-0.39, 0.29) is 5.92 Å². The van der Waals surface area contributed by atoms with Gasteiger partial charge in [0.15, 0.2) is 0 Å². The molecule has 1 rings (SSSR count). The second kappa shape index (κ2) is 5.01. The molecule has 1 atom stereocenters. The lowest BCUT2D eigenvalue weighted by Crippen LogP contribution is -2.06. The molecule has 0 saturated carbocycles. The molecule has 0 aromatic heterocycles. The van der Waals surface area contributed by atoms with Crippen molar-refractivity contribution in [2.24, 2.45) is 0 Å². The molecule has 0 aliphatic rings. The number of benzene rings is 1. The molecule has 16 heavy (non-hydrogen) atoms. The summed E-state index contributed by atoms with van der Waals surface area (Å²) in [6.45, 7) is 7.19. The summed E-state index contributed by atoms with van der Waals surface area (Å²) in [6.07, 6.45) is -0.398. The highest BCUT2D eigenvalue weighted by molar-refractivity contribution is 5.30. The topological polar surface area (TPSA) is 0 Å². The maximum Gasteiger partial charge on any atom is 0.416 e. The van der Waals surface area contributed by atoms with Crippen LogP contribution in [0, 0.1) is 0 Å². The van der Waals surface area contributed by atoms with Crippen LogP contribution in [0.1, 0.15) is 23.5 Å². The third kappa shape index (κ3) is 2.99. The Morgan fingerprint density at radius 2 is 1.94 bits per heavy atom. The Hall–Kier alpha value is -1.51. The summed E-state index contributed by atoms with van der Waals surface area (Å²) < 4.78 is 37.4. The van der Waals surface area contributed by atoms with E-state index < -0.39 is 11.7 Å². The lowest BCUT2D eigenvalue weighted by molar-refractivity contribution is -0.137. The van der Waals surface area contributed by atoms with Crippen molar-refractivity contribution in [3.05, 3.63) is 60.7 Å². The van der Waals surface area contributed by atoms with Crippen molar-refractivity contribution in [3.63, 3.8) is 0 Å². The summed E-state index contributed by atoms with van der Waals surface area (Å²) in [5, 5.41) is 0. The quantitative estimate of drug-likeness (QED) is 0.660. The van der Waals surface area contributed by atoms with Gasteiger partial charge in [-0.05, 0) is 18.1 Å². The minimum Gasteiger partial charge on any atom is -0.166 e. The fourth-order valence-corrected chi connectivity index (χ4v) is 1.49. The van der Waals surface area contributed by atoms with Crippen LogP contribution in [0.3, 0.4) is 0 Å². The Bertz CT molecular complexity index is 377. The second-order valence-electron chi connectivity index (χ2n) is 3.49. The van der Waals surface area contributed by atoms with Gasteiger partial charge >= 0.3 is 6.18 Å². The molecule has 0 nitrogen and oxygen atoms in total. The summed E-state index contributed by atoms with van der Waals surface area (Å²) in [5.41, 5.74) is -0.00867. The van der Waals surface area contributed by atoms with Crippen molar-refractivity contribution in [1.29, 1.82) is 0 Å². The van der Waals surface area contributed by atoms with E-state index in [1.807, 2.05) is 0 Å². The first kappa shape index (κ1) is 12.6. The van der Waals surface area contributed by atoms with Gasteiger partial charge in [0.05, 0.1) is 5.56 Å². The highest BCUT2D eigenvalue weighted by atomic mass is 19.4. The monoisotopic (exact) mass is 226 g/mol. The molecule has 0 N–H and O–H groups in total. The number of alkyl halides is 3. The highest BCUT2D eigenvalue weighted by Gasteiger charge is 2.30. The summed E-state index contributed by atoms with van der Waals surface area (Å²) in [4.78, 5) is 0. The van der Waals surface area contributed by atoms with Gasteiger partial charge < -0.3 is 0 Å². The molecule has 0 bridgehead atoms. The van der Waals surface area contributed by atoms with Gasteiger partial charge in [-0.25, -0.2) is 0 Å². The van der Waals surface area contributed by atoms with Crippen molar-refractivity contribution in [2.75, 3.05) is 0 Å². The van der Waals surface area contributed by atoms with Gasteiger partial charge in [-0.1, -0.05) is 30.4 Å². The minimum atomic E-state index is -4.30. The van der Waals surface area contributed by atoms with E-state index in [2.05, 4.69) is 13.2 Å². The van der Waals surface area contributed by atoms with Gasteiger partial charge in [0, 0.05) is 5.92 Å². The molecule has 0 radical (unpaired) electrons. The number of allylic oxidation sites excluding steroid dienone is 2. The molecule has 0 aliphatic carbocycles. The van der Waals surface area contributed by atoms with E-state index in [4.69, 9.17) is 0 Å². The Morgan fingerprint density at radius 3 is 2.44 bits per heavy atom. The number of hydrogen-bond donors (Lipinski definition) is 0. The van der Waals surface area contributed by atoms with Gasteiger partial charge in [-0.15, -0.1) is 13.2 Å². The third-order valence-corrected chi connectivity index (χ3v) is 2.35. The largest absolute Gasteiger partial charge is 0.416 e. The van der Waals surface area contributed by atoms with Crippen molar-refractivity contribution in [2.45, 2.75) is 18.5 Å². The molecule has 0 unspecified atom stereocenters. The zero-order valence-electron chi connectivity index (χ0n) is 8.80. The molecule has 3 heteroatoms. The van der Waals surface area contributed by atoms with E-state index >= 15 is 0 Å². The summed E-state index contributed by atoms with van der Waals surface area (Å²) in [5.74, 6) is -0.111. The molecule has 1 aromatic carbocycles. The lowest BCUT2D eigenvalue weighted by Gasteiger charge is -2.13. The normalized spacial score (nSPS) is 13.2. The van der Waals surface area contributed by atoms with Crippen LogP contribution in [0.4, 0.5) is 13.2 Å². The maximum absolute atomic E-state index is 12.5. The molecule has 1 aromatic rings. The fourth-order valence-electron chi connectivity index (χ4n) is 1.49. The van der Waals surface area contributed by atoms with Crippen LogP contribution in [0.15, 0.2) is 49.6 Å². The number of rotatable bonds is 4. The Morgan fingerprint density at radius 1 is 1.25 bits per heavy atom. The lowest BCUT2D eigenvalue weighted by atomic mass is 9.94. The van der Waals surface area contributed by atoms with Crippen LogP contribution >= 0.6 is 0 Å². The average molecular weight is 226 g/mol. The highest BCUT2D eigenvalue weighted by Crippen LogP contribution is 2.32. The van der Waals surface area contributed by atoms with Gasteiger partial charge in [-0.2, -0.15) is 13.2 Å². The minimum absolute atomic E-state index is 0.111. The zero-order chi connectivity index (χ0) is 12.2. The van der Waals surface area contributed by atoms with Crippen molar-refractivity contribution >= 4 is 0 Å². The van der Waals surface area contributed by atoms with Crippen LogP contribution in [0.2, 0.25) is 0 Å². The smallest absolute Gasteiger partial charge is 0.166 e. The van der Waals surface area contributed by atoms with E-state index in [0.29, 0.717) is 12.0 Å². The SMILES string of the molecule is C=CC[C@H](C=C)c1cccc(C(F)(F)F)c1. The molecule has 0 heterocycles. The van der Waals surface area contributed by atoms with Gasteiger partial charge in [-0.3, -0.25) is 0 Å². The molecule has 0 saturated heterocycles. The molecule has 0 amide bonds. The molecular weight excluding hydrogens is 213 g/mol. The molecular formula is C13H13F3. The fraction of sp³-hybridized carbons (Fsp3) is 0.231. The Kier molecular flexibility index (Phi) is 3.93. The number of halogens is 3. The molecule has 86 valence electrons. The summed E-state index contributed by atoms with van der Waals surface area (Å²) in [6, 6.07) is 5.32.